The highest BCUT2D eigenvalue weighted by molar-refractivity contribution is 9.10. The number of nitrogens with zero attached hydrogens (tertiary/aromatic N) is 1. The van der Waals surface area contributed by atoms with Crippen LogP contribution in [0.3, 0.4) is 0 Å². The topological polar surface area (TPSA) is 56.0 Å². The van der Waals surface area contributed by atoms with Crippen molar-refractivity contribution in [2.45, 2.75) is 0 Å². The summed E-state index contributed by atoms with van der Waals surface area (Å²) in [5, 5.41) is 0. The maximum atomic E-state index is 10.9. The maximum absolute atomic E-state index is 10.9. The van der Waals surface area contributed by atoms with E-state index in [0.29, 0.717) is 10.2 Å². The Morgan fingerprint density at radius 3 is 2.82 bits per heavy atom. The Morgan fingerprint density at radius 1 is 1.64 bits per heavy atom. The summed E-state index contributed by atoms with van der Waals surface area (Å²) in [5.41, 5.74) is 5.70. The minimum Gasteiger partial charge on any atom is -0.324 e. The van der Waals surface area contributed by atoms with Crippen LogP contribution >= 0.6 is 15.9 Å². The van der Waals surface area contributed by atoms with Crippen molar-refractivity contribution in [3.05, 3.63) is 28.5 Å². The predicted octanol–water partition coefficient (Wildman–Crippen LogP) is 0.985. The second-order valence-corrected chi connectivity index (χ2v) is 2.81. The van der Waals surface area contributed by atoms with Gasteiger partial charge in [0.1, 0.15) is 4.60 Å². The van der Waals surface area contributed by atoms with Crippen LogP contribution < -0.4 is 5.73 Å². The van der Waals surface area contributed by atoms with Gasteiger partial charge >= 0.3 is 0 Å². The number of halogens is 1. The van der Waals surface area contributed by atoms with Crippen molar-refractivity contribution in [2.24, 2.45) is 5.73 Å². The predicted molar refractivity (Wildman–Crippen MR) is 45.3 cm³/mol. The van der Waals surface area contributed by atoms with E-state index in [2.05, 4.69) is 20.9 Å². The molecule has 11 heavy (non-hydrogen) atoms. The quantitative estimate of drug-likeness (QED) is 0.591. The van der Waals surface area contributed by atoms with Crippen LogP contribution in [0.4, 0.5) is 0 Å². The van der Waals surface area contributed by atoms with Gasteiger partial charge in [0.25, 0.3) is 0 Å². The van der Waals surface area contributed by atoms with Crippen molar-refractivity contribution < 1.29 is 4.79 Å². The molecule has 0 fully saturated rings. The van der Waals surface area contributed by atoms with Crippen LogP contribution in [0.25, 0.3) is 0 Å². The number of hydrogen-bond donors (Lipinski definition) is 1. The van der Waals surface area contributed by atoms with Crippen molar-refractivity contribution in [1.29, 1.82) is 0 Å². The first-order valence-corrected chi connectivity index (χ1v) is 3.88. The lowest BCUT2D eigenvalue weighted by Crippen LogP contribution is -2.13. The molecule has 0 spiro atoms. The van der Waals surface area contributed by atoms with Gasteiger partial charge in [-0.3, -0.25) is 4.79 Å². The first-order chi connectivity index (χ1) is 5.24. The van der Waals surface area contributed by atoms with Crippen molar-refractivity contribution in [3.63, 3.8) is 0 Å². The minimum atomic E-state index is -0.0926. The van der Waals surface area contributed by atoms with Gasteiger partial charge in [0.05, 0.1) is 6.54 Å². The lowest BCUT2D eigenvalue weighted by molar-refractivity contribution is 0.100. The van der Waals surface area contributed by atoms with Gasteiger partial charge in [-0.25, -0.2) is 4.98 Å². The van der Waals surface area contributed by atoms with Gasteiger partial charge in [0.2, 0.25) is 0 Å². The number of ketones is 1. The summed E-state index contributed by atoms with van der Waals surface area (Å²) in [7, 11) is 0. The number of carbonyl (C=O) groups is 1. The third-order valence-corrected chi connectivity index (χ3v) is 1.70. The molecule has 0 bridgehead atoms. The third-order valence-electron chi connectivity index (χ3n) is 1.23. The Morgan fingerprint density at radius 2 is 2.36 bits per heavy atom. The summed E-state index contributed by atoms with van der Waals surface area (Å²) in [4.78, 5) is 14.8. The number of aromatic nitrogens is 1. The molecule has 4 heteroatoms. The first-order valence-electron chi connectivity index (χ1n) is 3.09. The van der Waals surface area contributed by atoms with Gasteiger partial charge < -0.3 is 5.73 Å². The molecule has 1 rings (SSSR count). The standard InChI is InChI=1S/C7H7BrN2O/c8-7-2-1-5(4-10-7)6(11)3-9/h1-2,4H,3,9H2. The molecular weight excluding hydrogens is 208 g/mol. The second kappa shape index (κ2) is 3.59. The fourth-order valence-electron chi connectivity index (χ4n) is 0.659. The highest BCUT2D eigenvalue weighted by atomic mass is 79.9. The van der Waals surface area contributed by atoms with Gasteiger partial charge in [-0.15, -0.1) is 0 Å². The summed E-state index contributed by atoms with van der Waals surface area (Å²) >= 11 is 3.16. The van der Waals surface area contributed by atoms with Crippen molar-refractivity contribution in [1.82, 2.24) is 4.98 Å². The Bertz CT molecular complexity index is 258. The van der Waals surface area contributed by atoms with Crippen LogP contribution in [0.5, 0.6) is 0 Å². The summed E-state index contributed by atoms with van der Waals surface area (Å²) in [6, 6.07) is 3.40. The summed E-state index contributed by atoms with van der Waals surface area (Å²) in [5.74, 6) is -0.0926. The third kappa shape index (κ3) is 2.10. The molecule has 0 radical (unpaired) electrons. The number of hydrogen-bond acceptors (Lipinski definition) is 3. The van der Waals surface area contributed by atoms with Crippen LogP contribution in [-0.4, -0.2) is 17.3 Å². The average molecular weight is 215 g/mol. The lowest BCUT2D eigenvalue weighted by Gasteiger charge is -1.95. The molecule has 0 aliphatic heterocycles. The van der Waals surface area contributed by atoms with Gasteiger partial charge in [-0.1, -0.05) is 0 Å². The number of carbonyl (C=O) groups excluding carboxylic acids is 1. The lowest BCUT2D eigenvalue weighted by atomic mass is 10.2. The first kappa shape index (κ1) is 8.36. The van der Waals surface area contributed by atoms with E-state index in [1.165, 1.54) is 6.20 Å². The van der Waals surface area contributed by atoms with Crippen LogP contribution in [-0.2, 0) is 0 Å². The largest absolute Gasteiger partial charge is 0.324 e. The maximum Gasteiger partial charge on any atom is 0.177 e. The molecule has 1 aromatic rings. The highest BCUT2D eigenvalue weighted by Gasteiger charge is 2.01. The van der Waals surface area contributed by atoms with Gasteiger partial charge in [-0.2, -0.15) is 0 Å². The molecule has 0 saturated carbocycles. The van der Waals surface area contributed by atoms with Crippen molar-refractivity contribution >= 4 is 21.7 Å². The smallest absolute Gasteiger partial charge is 0.177 e. The monoisotopic (exact) mass is 214 g/mol. The van der Waals surface area contributed by atoms with E-state index in [4.69, 9.17) is 5.73 Å². The van der Waals surface area contributed by atoms with Crippen LogP contribution in [0, 0.1) is 0 Å². The number of Topliss-reactive ketones (excluding diaryl/α,β-unsaturated/α-hetero) is 1. The summed E-state index contributed by atoms with van der Waals surface area (Å²) in [6.07, 6.45) is 1.50. The molecule has 0 aromatic carbocycles. The molecule has 58 valence electrons. The number of rotatable bonds is 2. The molecule has 0 aliphatic rings. The van der Waals surface area contributed by atoms with Crippen molar-refractivity contribution in [3.8, 4) is 0 Å². The van der Waals surface area contributed by atoms with Crippen LogP contribution in [0.1, 0.15) is 10.4 Å². The molecular formula is C7H7BrN2O. The number of pyridine rings is 1. The Hall–Kier alpha value is -0.740. The summed E-state index contributed by atoms with van der Waals surface area (Å²) < 4.78 is 0.714. The number of nitrogens with two attached hydrogens (primary N) is 1. The van der Waals surface area contributed by atoms with E-state index in [1.54, 1.807) is 12.1 Å². The van der Waals surface area contributed by atoms with E-state index < -0.39 is 0 Å². The van der Waals surface area contributed by atoms with Gasteiger partial charge in [-0.05, 0) is 28.1 Å². The minimum absolute atomic E-state index is 0.0311. The van der Waals surface area contributed by atoms with Gasteiger partial charge in [0, 0.05) is 11.8 Å². The Labute approximate surface area is 72.7 Å². The summed E-state index contributed by atoms with van der Waals surface area (Å²) in [6.45, 7) is 0.0311. The molecule has 0 amide bonds. The van der Waals surface area contributed by atoms with E-state index in [0.717, 1.165) is 0 Å². The van der Waals surface area contributed by atoms with E-state index in [-0.39, 0.29) is 12.3 Å². The van der Waals surface area contributed by atoms with Crippen molar-refractivity contribution in [2.75, 3.05) is 6.54 Å². The Kier molecular flexibility index (Phi) is 2.73. The fourth-order valence-corrected chi connectivity index (χ4v) is 0.893. The van der Waals surface area contributed by atoms with Crippen LogP contribution in [0.2, 0.25) is 0 Å². The molecule has 0 aliphatic carbocycles. The SMILES string of the molecule is NCC(=O)c1ccc(Br)nc1. The zero-order chi connectivity index (χ0) is 8.27. The molecule has 1 aromatic heterocycles. The zero-order valence-corrected chi connectivity index (χ0v) is 7.34. The molecule has 1 heterocycles. The highest BCUT2D eigenvalue weighted by Crippen LogP contribution is 2.06. The molecule has 3 nitrogen and oxygen atoms in total. The molecule has 2 N–H and O–H groups in total. The molecule has 0 saturated heterocycles. The average Bonchev–Trinajstić information content (AvgIpc) is 2.05. The zero-order valence-electron chi connectivity index (χ0n) is 5.75. The molecule has 0 atom stereocenters. The second-order valence-electron chi connectivity index (χ2n) is 2.00. The van der Waals surface area contributed by atoms with Crippen LogP contribution in [0.15, 0.2) is 22.9 Å². The normalized spacial score (nSPS) is 9.64. The Balaban J connectivity index is 2.90. The van der Waals surface area contributed by atoms with Gasteiger partial charge in [0.15, 0.2) is 5.78 Å². The van der Waals surface area contributed by atoms with E-state index in [9.17, 15) is 4.79 Å². The van der Waals surface area contributed by atoms with E-state index in [1.807, 2.05) is 0 Å². The fraction of sp³-hybridized carbons (Fsp3) is 0.143. The molecule has 0 unspecified atom stereocenters. The van der Waals surface area contributed by atoms with E-state index >= 15 is 0 Å².